The Bertz CT molecular complexity index is 543. The average molecular weight is 241 g/mol. The second-order valence-corrected chi connectivity index (χ2v) is 3.75. The van der Waals surface area contributed by atoms with Gasteiger partial charge in [-0.3, -0.25) is 4.79 Å². The van der Waals surface area contributed by atoms with Crippen LogP contribution in [0.2, 0.25) is 0 Å². The highest BCUT2D eigenvalue weighted by Gasteiger charge is 2.19. The highest BCUT2D eigenvalue weighted by Crippen LogP contribution is 2.11. The van der Waals surface area contributed by atoms with Gasteiger partial charge in [0.1, 0.15) is 12.2 Å². The van der Waals surface area contributed by atoms with Crippen LogP contribution in [0.4, 0.5) is 5.82 Å². The number of carbonyl (C=O) groups is 1. The van der Waals surface area contributed by atoms with Gasteiger partial charge in [-0.05, 0) is 12.0 Å². The molecular formula is C13H11N3O2. The smallest absolute Gasteiger partial charge is 0.243 e. The van der Waals surface area contributed by atoms with Crippen LogP contribution in [0.1, 0.15) is 5.56 Å². The van der Waals surface area contributed by atoms with Crippen molar-refractivity contribution in [2.45, 2.75) is 6.42 Å². The topological polar surface area (TPSA) is 78.9 Å². The molecule has 1 amide bonds. The van der Waals surface area contributed by atoms with Gasteiger partial charge in [0.15, 0.2) is 5.82 Å². The number of anilines is 1. The van der Waals surface area contributed by atoms with E-state index < -0.39 is 5.92 Å². The van der Waals surface area contributed by atoms with Crippen LogP contribution in [0.3, 0.4) is 0 Å². The quantitative estimate of drug-likeness (QED) is 0.887. The fourth-order valence-corrected chi connectivity index (χ4v) is 1.54. The first-order valence-corrected chi connectivity index (χ1v) is 5.44. The number of benzene rings is 1. The summed E-state index contributed by atoms with van der Waals surface area (Å²) >= 11 is 0. The molecule has 1 aromatic carbocycles. The number of nitrogens with one attached hydrogen (secondary N) is 1. The number of amides is 1. The van der Waals surface area contributed by atoms with Gasteiger partial charge < -0.3 is 9.84 Å². The van der Waals surface area contributed by atoms with Crippen molar-refractivity contribution < 1.29 is 9.32 Å². The van der Waals surface area contributed by atoms with Gasteiger partial charge >= 0.3 is 0 Å². The molecule has 0 bridgehead atoms. The van der Waals surface area contributed by atoms with E-state index in [1.165, 1.54) is 12.3 Å². The van der Waals surface area contributed by atoms with E-state index in [-0.39, 0.29) is 5.91 Å². The van der Waals surface area contributed by atoms with Crippen LogP contribution < -0.4 is 5.32 Å². The maximum absolute atomic E-state index is 11.8. The second-order valence-electron chi connectivity index (χ2n) is 3.75. The number of nitriles is 1. The lowest BCUT2D eigenvalue weighted by molar-refractivity contribution is -0.118. The summed E-state index contributed by atoms with van der Waals surface area (Å²) in [7, 11) is 0. The third kappa shape index (κ3) is 2.95. The Labute approximate surface area is 104 Å². The minimum atomic E-state index is -0.746. The molecule has 0 aliphatic carbocycles. The van der Waals surface area contributed by atoms with Gasteiger partial charge in [-0.25, -0.2) is 0 Å². The van der Waals surface area contributed by atoms with Gasteiger partial charge in [-0.15, -0.1) is 0 Å². The maximum Gasteiger partial charge on any atom is 0.243 e. The van der Waals surface area contributed by atoms with E-state index in [9.17, 15) is 4.79 Å². The van der Waals surface area contributed by atoms with Crippen molar-refractivity contribution in [1.29, 1.82) is 5.26 Å². The van der Waals surface area contributed by atoms with Gasteiger partial charge in [0, 0.05) is 6.07 Å². The van der Waals surface area contributed by atoms with Crippen LogP contribution in [0.15, 0.2) is 47.2 Å². The molecule has 0 spiro atoms. The molecule has 90 valence electrons. The normalized spacial score (nSPS) is 11.5. The zero-order valence-corrected chi connectivity index (χ0v) is 9.54. The number of carbonyl (C=O) groups excluding carboxylic acids is 1. The summed E-state index contributed by atoms with van der Waals surface area (Å²) in [5.74, 6) is -0.812. The zero-order valence-electron chi connectivity index (χ0n) is 9.54. The van der Waals surface area contributed by atoms with Gasteiger partial charge in [0.2, 0.25) is 5.91 Å². The molecule has 0 saturated heterocycles. The molecule has 0 saturated carbocycles. The lowest BCUT2D eigenvalue weighted by Gasteiger charge is -2.08. The Kier molecular flexibility index (Phi) is 3.72. The van der Waals surface area contributed by atoms with E-state index in [0.29, 0.717) is 12.2 Å². The minimum Gasteiger partial charge on any atom is -0.363 e. The van der Waals surface area contributed by atoms with Crippen LogP contribution in [0.5, 0.6) is 0 Å². The fraction of sp³-hybridized carbons (Fsp3) is 0.154. The Hall–Kier alpha value is -2.61. The van der Waals surface area contributed by atoms with Crippen LogP contribution in [-0.2, 0) is 11.2 Å². The van der Waals surface area contributed by atoms with E-state index in [2.05, 4.69) is 15.0 Å². The highest BCUT2D eigenvalue weighted by molar-refractivity contribution is 5.93. The van der Waals surface area contributed by atoms with E-state index in [4.69, 9.17) is 5.26 Å². The highest BCUT2D eigenvalue weighted by atomic mass is 16.5. The molecule has 5 heteroatoms. The second kappa shape index (κ2) is 5.64. The first-order valence-electron chi connectivity index (χ1n) is 5.44. The lowest BCUT2D eigenvalue weighted by Crippen LogP contribution is -2.23. The average Bonchev–Trinajstić information content (AvgIpc) is 2.90. The van der Waals surface area contributed by atoms with Crippen LogP contribution in [0, 0.1) is 17.2 Å². The van der Waals surface area contributed by atoms with Crippen LogP contribution >= 0.6 is 0 Å². The molecule has 0 fully saturated rings. The van der Waals surface area contributed by atoms with E-state index >= 15 is 0 Å². The number of nitrogens with zero attached hydrogens (tertiary/aromatic N) is 2. The molecule has 1 aromatic heterocycles. The largest absolute Gasteiger partial charge is 0.363 e. The first-order chi connectivity index (χ1) is 8.79. The Balaban J connectivity index is 2.01. The lowest BCUT2D eigenvalue weighted by atomic mass is 10.00. The summed E-state index contributed by atoms with van der Waals surface area (Å²) in [6.07, 6.45) is 1.73. The van der Waals surface area contributed by atoms with Crippen molar-refractivity contribution in [2.75, 3.05) is 5.32 Å². The molecule has 0 aliphatic heterocycles. The van der Waals surface area contributed by atoms with Gasteiger partial charge in [0.05, 0.1) is 6.07 Å². The van der Waals surface area contributed by atoms with E-state index in [0.717, 1.165) is 5.56 Å². The van der Waals surface area contributed by atoms with Crippen molar-refractivity contribution in [3.8, 4) is 6.07 Å². The maximum atomic E-state index is 11.8. The molecule has 0 radical (unpaired) electrons. The predicted octanol–water partition coefficient (Wildman–Crippen LogP) is 2.00. The molecule has 18 heavy (non-hydrogen) atoms. The van der Waals surface area contributed by atoms with E-state index in [1.807, 2.05) is 36.4 Å². The van der Waals surface area contributed by atoms with Gasteiger partial charge in [0.25, 0.3) is 0 Å². The Morgan fingerprint density at radius 1 is 1.39 bits per heavy atom. The van der Waals surface area contributed by atoms with Crippen molar-refractivity contribution in [3.63, 3.8) is 0 Å². The fourth-order valence-electron chi connectivity index (χ4n) is 1.54. The third-order valence-electron chi connectivity index (χ3n) is 2.44. The van der Waals surface area contributed by atoms with E-state index in [1.54, 1.807) is 0 Å². The SMILES string of the molecule is N#CC(Cc1ccccc1)C(=O)Nc1ccon1. The monoisotopic (exact) mass is 241 g/mol. The Morgan fingerprint density at radius 3 is 2.78 bits per heavy atom. The molecule has 5 nitrogen and oxygen atoms in total. The van der Waals surface area contributed by atoms with Gasteiger partial charge in [-0.2, -0.15) is 5.26 Å². The zero-order chi connectivity index (χ0) is 12.8. The molecule has 1 heterocycles. The summed E-state index contributed by atoms with van der Waals surface area (Å²) in [6.45, 7) is 0. The number of aromatic nitrogens is 1. The minimum absolute atomic E-state index is 0.313. The van der Waals surface area contributed by atoms with Crippen molar-refractivity contribution in [3.05, 3.63) is 48.2 Å². The van der Waals surface area contributed by atoms with Crippen LogP contribution in [0.25, 0.3) is 0 Å². The summed E-state index contributed by atoms with van der Waals surface area (Å²) < 4.78 is 4.60. The third-order valence-corrected chi connectivity index (χ3v) is 2.44. The number of hydrogen-bond acceptors (Lipinski definition) is 4. The molecule has 2 aromatic rings. The van der Waals surface area contributed by atoms with Crippen molar-refractivity contribution in [1.82, 2.24) is 5.16 Å². The molecular weight excluding hydrogens is 230 g/mol. The molecule has 1 N–H and O–H groups in total. The van der Waals surface area contributed by atoms with Crippen LogP contribution in [-0.4, -0.2) is 11.1 Å². The summed E-state index contributed by atoms with van der Waals surface area (Å²) in [5.41, 5.74) is 0.944. The summed E-state index contributed by atoms with van der Waals surface area (Å²) in [5, 5.41) is 15.1. The molecule has 2 rings (SSSR count). The summed E-state index contributed by atoms with van der Waals surface area (Å²) in [6, 6.07) is 12.9. The van der Waals surface area contributed by atoms with Crippen molar-refractivity contribution in [2.24, 2.45) is 5.92 Å². The van der Waals surface area contributed by atoms with Crippen molar-refractivity contribution >= 4 is 11.7 Å². The first kappa shape index (κ1) is 11.9. The Morgan fingerprint density at radius 2 is 2.17 bits per heavy atom. The predicted molar refractivity (Wildman–Crippen MR) is 64.4 cm³/mol. The molecule has 0 aliphatic rings. The summed E-state index contributed by atoms with van der Waals surface area (Å²) in [4.78, 5) is 11.8. The molecule has 1 unspecified atom stereocenters. The molecule has 1 atom stereocenters. The van der Waals surface area contributed by atoms with Gasteiger partial charge in [-0.1, -0.05) is 35.5 Å². The number of hydrogen-bond donors (Lipinski definition) is 1. The number of rotatable bonds is 4. The standard InChI is InChI=1S/C13H11N3O2/c14-9-11(8-10-4-2-1-3-5-10)13(17)15-12-6-7-18-16-12/h1-7,11H,8H2,(H,15,16,17).